The fraction of sp³-hybridized carbons (Fsp3) is 0.269. The highest BCUT2D eigenvalue weighted by Gasteiger charge is 2.42. The molecule has 34 heavy (non-hydrogen) atoms. The molecule has 1 aromatic heterocycles. The second-order valence-corrected chi connectivity index (χ2v) is 11.3. The van der Waals surface area contributed by atoms with E-state index in [1.165, 1.54) is 17.8 Å². The first-order chi connectivity index (χ1) is 16.2. The van der Waals surface area contributed by atoms with Crippen molar-refractivity contribution in [3.05, 3.63) is 97.1 Å². The lowest BCUT2D eigenvalue weighted by atomic mass is 9.69. The van der Waals surface area contributed by atoms with Crippen LogP contribution in [0, 0.1) is 11.2 Å². The lowest BCUT2D eigenvalue weighted by molar-refractivity contribution is -0.118. The predicted molar refractivity (Wildman–Crippen MR) is 135 cm³/mol. The van der Waals surface area contributed by atoms with Gasteiger partial charge in [-0.2, -0.15) is 0 Å². The summed E-state index contributed by atoms with van der Waals surface area (Å²) in [5.41, 5.74) is 2.80. The first-order valence-corrected chi connectivity index (χ1v) is 12.8. The Hall–Kier alpha value is -2.71. The number of hydrogen-bond acceptors (Lipinski definition) is 5. The highest BCUT2D eigenvalue weighted by Crippen LogP contribution is 2.48. The molecule has 5 nitrogen and oxygen atoms in total. The second-order valence-electron chi connectivity index (χ2n) is 9.46. The number of fused-ring (bicyclic) bond motifs is 1. The van der Waals surface area contributed by atoms with E-state index >= 15 is 0 Å². The molecule has 2 heterocycles. The molecule has 0 saturated heterocycles. The van der Waals surface area contributed by atoms with Crippen LogP contribution in [0.15, 0.2) is 74.2 Å². The fourth-order valence-corrected chi connectivity index (χ4v) is 6.01. The zero-order chi connectivity index (χ0) is 24.0. The normalized spacial score (nSPS) is 18.8. The molecule has 1 unspecified atom stereocenters. The number of Topliss-reactive ketones (excluding diaryl/α,β-unsaturated/α-hetero) is 1. The van der Waals surface area contributed by atoms with Gasteiger partial charge in [-0.1, -0.05) is 71.9 Å². The number of nitrogens with one attached hydrogen (secondary N) is 2. The van der Waals surface area contributed by atoms with Gasteiger partial charge in [0, 0.05) is 33.8 Å². The summed E-state index contributed by atoms with van der Waals surface area (Å²) in [6, 6.07) is 14.2. The monoisotopic (exact) mass is 539 g/mol. The van der Waals surface area contributed by atoms with Gasteiger partial charge < -0.3 is 10.3 Å². The summed E-state index contributed by atoms with van der Waals surface area (Å²) in [6.07, 6.45) is 1.11. The molecule has 1 aliphatic carbocycles. The molecule has 1 atom stereocenters. The lowest BCUT2D eigenvalue weighted by Gasteiger charge is -2.38. The minimum absolute atomic E-state index is 0.0479. The van der Waals surface area contributed by atoms with Crippen molar-refractivity contribution in [3.8, 4) is 0 Å². The number of thioether (sulfide) groups is 1. The Balaban J connectivity index is 1.59. The van der Waals surface area contributed by atoms with Crippen LogP contribution >= 0.6 is 27.7 Å². The Kier molecular flexibility index (Phi) is 5.98. The van der Waals surface area contributed by atoms with Gasteiger partial charge in [-0.05, 0) is 41.2 Å². The van der Waals surface area contributed by atoms with Crippen LogP contribution in [0.25, 0.3) is 0 Å². The highest BCUT2D eigenvalue weighted by molar-refractivity contribution is 9.10. The van der Waals surface area contributed by atoms with E-state index in [4.69, 9.17) is 4.98 Å². The van der Waals surface area contributed by atoms with E-state index in [0.717, 1.165) is 15.7 Å². The van der Waals surface area contributed by atoms with Gasteiger partial charge in [-0.15, -0.1) is 0 Å². The van der Waals surface area contributed by atoms with Crippen LogP contribution in [-0.4, -0.2) is 15.8 Å². The van der Waals surface area contributed by atoms with E-state index in [1.807, 2.05) is 24.3 Å². The largest absolute Gasteiger partial charge is 0.343 e. The van der Waals surface area contributed by atoms with Gasteiger partial charge in [0.15, 0.2) is 10.9 Å². The van der Waals surface area contributed by atoms with Crippen molar-refractivity contribution in [1.29, 1.82) is 0 Å². The number of rotatable bonds is 4. The fourth-order valence-electron chi connectivity index (χ4n) is 4.74. The Morgan fingerprint density at radius 3 is 2.71 bits per heavy atom. The van der Waals surface area contributed by atoms with Crippen molar-refractivity contribution >= 4 is 39.3 Å². The Labute approximate surface area is 209 Å². The third kappa shape index (κ3) is 4.36. The summed E-state index contributed by atoms with van der Waals surface area (Å²) >= 11 is 4.78. The Morgan fingerprint density at radius 2 is 1.94 bits per heavy atom. The second kappa shape index (κ2) is 8.82. The molecule has 0 radical (unpaired) electrons. The first-order valence-electron chi connectivity index (χ1n) is 11.0. The SMILES string of the molecule is CC1(C)CC(=O)C2=C(C1)Nc1nc(SCc3ccccc3F)[nH]c(=O)c1C2c1cccc(Br)c1. The number of carbonyl (C=O) groups excluding carboxylic acids is 1. The topological polar surface area (TPSA) is 74.8 Å². The van der Waals surface area contributed by atoms with Gasteiger partial charge in [0.2, 0.25) is 0 Å². The average Bonchev–Trinajstić information content (AvgIpc) is 2.76. The van der Waals surface area contributed by atoms with Crippen LogP contribution < -0.4 is 10.9 Å². The van der Waals surface area contributed by atoms with Crippen molar-refractivity contribution in [2.24, 2.45) is 5.41 Å². The average molecular weight is 540 g/mol. The van der Waals surface area contributed by atoms with Crippen LogP contribution in [0.3, 0.4) is 0 Å². The molecule has 1 aliphatic heterocycles. The van der Waals surface area contributed by atoms with Gasteiger partial charge in [-0.3, -0.25) is 9.59 Å². The van der Waals surface area contributed by atoms with Crippen molar-refractivity contribution in [2.45, 2.75) is 43.5 Å². The molecule has 0 spiro atoms. The Morgan fingerprint density at radius 1 is 1.15 bits per heavy atom. The number of ketones is 1. The van der Waals surface area contributed by atoms with Gasteiger partial charge in [0.1, 0.15) is 11.6 Å². The molecule has 2 aliphatic rings. The maximum Gasteiger partial charge on any atom is 0.257 e. The van der Waals surface area contributed by atoms with E-state index in [0.29, 0.717) is 46.3 Å². The van der Waals surface area contributed by atoms with E-state index in [9.17, 15) is 14.0 Å². The predicted octanol–water partition coefficient (Wildman–Crippen LogP) is 6.16. The highest BCUT2D eigenvalue weighted by atomic mass is 79.9. The molecule has 0 fully saturated rings. The Bertz CT molecular complexity index is 1400. The minimum atomic E-state index is -0.505. The lowest BCUT2D eigenvalue weighted by Crippen LogP contribution is -2.37. The third-order valence-electron chi connectivity index (χ3n) is 6.20. The number of hydrogen-bond donors (Lipinski definition) is 2. The molecular formula is C26H23BrFN3O2S. The number of allylic oxidation sites excluding steroid dienone is 2. The van der Waals surface area contributed by atoms with Gasteiger partial charge in [0.05, 0.1) is 5.56 Å². The maximum atomic E-state index is 14.1. The van der Waals surface area contributed by atoms with Crippen LogP contribution in [0.4, 0.5) is 10.2 Å². The van der Waals surface area contributed by atoms with E-state index in [2.05, 4.69) is 40.1 Å². The summed E-state index contributed by atoms with van der Waals surface area (Å²) in [5, 5.41) is 3.72. The zero-order valence-electron chi connectivity index (χ0n) is 18.7. The molecule has 174 valence electrons. The molecule has 0 saturated carbocycles. The van der Waals surface area contributed by atoms with Crippen molar-refractivity contribution in [1.82, 2.24) is 9.97 Å². The number of halogens is 2. The number of aromatic nitrogens is 2. The number of benzene rings is 2. The number of carbonyl (C=O) groups is 1. The molecule has 3 aromatic rings. The van der Waals surface area contributed by atoms with Crippen LogP contribution in [0.2, 0.25) is 0 Å². The summed E-state index contributed by atoms with van der Waals surface area (Å²) in [4.78, 5) is 34.2. The summed E-state index contributed by atoms with van der Waals surface area (Å²) in [7, 11) is 0. The smallest absolute Gasteiger partial charge is 0.257 e. The number of aromatic amines is 1. The van der Waals surface area contributed by atoms with Gasteiger partial charge >= 0.3 is 0 Å². The van der Waals surface area contributed by atoms with Crippen molar-refractivity contribution in [2.75, 3.05) is 5.32 Å². The van der Waals surface area contributed by atoms with E-state index in [1.54, 1.807) is 18.2 Å². The zero-order valence-corrected chi connectivity index (χ0v) is 21.1. The van der Waals surface area contributed by atoms with Crippen LogP contribution in [-0.2, 0) is 10.5 Å². The molecule has 0 amide bonds. The summed E-state index contributed by atoms with van der Waals surface area (Å²) in [6.45, 7) is 4.14. The van der Waals surface area contributed by atoms with E-state index in [-0.39, 0.29) is 22.6 Å². The van der Waals surface area contributed by atoms with Crippen LogP contribution in [0.1, 0.15) is 49.3 Å². The molecular weight excluding hydrogens is 517 g/mol. The minimum Gasteiger partial charge on any atom is -0.343 e. The molecule has 5 rings (SSSR count). The molecule has 0 bridgehead atoms. The van der Waals surface area contributed by atoms with Crippen molar-refractivity contribution in [3.63, 3.8) is 0 Å². The quantitative estimate of drug-likeness (QED) is 0.306. The van der Waals surface area contributed by atoms with Crippen LogP contribution in [0.5, 0.6) is 0 Å². The maximum absolute atomic E-state index is 14.1. The summed E-state index contributed by atoms with van der Waals surface area (Å²) < 4.78 is 14.9. The van der Waals surface area contributed by atoms with E-state index < -0.39 is 5.92 Å². The molecule has 2 aromatic carbocycles. The first kappa shape index (κ1) is 23.1. The third-order valence-corrected chi connectivity index (χ3v) is 7.62. The molecule has 2 N–H and O–H groups in total. The number of anilines is 1. The number of nitrogens with zero attached hydrogens (tertiary/aromatic N) is 1. The number of H-pyrrole nitrogens is 1. The van der Waals surface area contributed by atoms with Gasteiger partial charge in [-0.25, -0.2) is 9.37 Å². The van der Waals surface area contributed by atoms with Crippen molar-refractivity contribution < 1.29 is 9.18 Å². The molecule has 8 heteroatoms. The summed E-state index contributed by atoms with van der Waals surface area (Å²) in [5.74, 6) is 0.0408. The standard InChI is InChI=1S/C26H23BrFN3O2S/c1-26(2)11-18-21(19(32)12-26)20(14-7-5-8-16(27)10-14)22-23(29-18)30-25(31-24(22)33)34-13-15-6-3-4-9-17(15)28/h3-10,20H,11-13H2,1-2H3,(H2,29,30,31,33). The van der Waals surface area contributed by atoms with Gasteiger partial charge in [0.25, 0.3) is 5.56 Å².